The lowest BCUT2D eigenvalue weighted by molar-refractivity contribution is 0.361. The van der Waals surface area contributed by atoms with Crippen molar-refractivity contribution in [2.45, 2.75) is 41.5 Å². The molecule has 0 spiro atoms. The van der Waals surface area contributed by atoms with Crippen LogP contribution in [0, 0.1) is 0 Å². The van der Waals surface area contributed by atoms with Gasteiger partial charge in [0.05, 0.1) is 0 Å². The van der Waals surface area contributed by atoms with Gasteiger partial charge in [0.15, 0.2) is 0 Å². The van der Waals surface area contributed by atoms with E-state index in [9.17, 15) is 0 Å². The lowest BCUT2D eigenvalue weighted by Crippen LogP contribution is -2.02. The Balaban J connectivity index is 1.77. The highest BCUT2D eigenvalue weighted by atomic mass is 16.5. The average molecular weight is 520 g/mol. The van der Waals surface area contributed by atoms with Crippen molar-refractivity contribution in [3.8, 4) is 35.3 Å². The van der Waals surface area contributed by atoms with Crippen molar-refractivity contribution < 1.29 is 14.2 Å². The number of hydrogen-bond acceptors (Lipinski definition) is 6. The Morgan fingerprint density at radius 2 is 0.692 bits per heavy atom. The van der Waals surface area contributed by atoms with Crippen LogP contribution in [0.4, 0.5) is 0 Å². The molecule has 6 nitrogen and oxygen atoms in total. The van der Waals surface area contributed by atoms with E-state index >= 15 is 0 Å². The van der Waals surface area contributed by atoms with Crippen LogP contribution in [0.2, 0.25) is 0 Å². The summed E-state index contributed by atoms with van der Waals surface area (Å²) in [6.45, 7) is 12.2. The van der Waals surface area contributed by atoms with E-state index in [-0.39, 0.29) is 18.0 Å². The third kappa shape index (κ3) is 7.89. The predicted molar refractivity (Wildman–Crippen MR) is 157 cm³/mol. The Morgan fingerprint density at radius 3 is 0.949 bits per heavy atom. The molecule has 4 rings (SSSR count). The molecule has 0 saturated heterocycles. The first-order valence-corrected chi connectivity index (χ1v) is 12.8. The first kappa shape index (κ1) is 27.3. The van der Waals surface area contributed by atoms with Gasteiger partial charge in [-0.1, -0.05) is 89.5 Å². The smallest absolute Gasteiger partial charge is 0.331 e. The van der Waals surface area contributed by atoms with E-state index in [0.717, 1.165) is 33.4 Å². The van der Waals surface area contributed by atoms with Crippen LogP contribution in [-0.2, 0) is 0 Å². The van der Waals surface area contributed by atoms with Crippen LogP contribution in [0.3, 0.4) is 0 Å². The highest BCUT2D eigenvalue weighted by Crippen LogP contribution is 2.32. The number of nitrogens with zero attached hydrogens (tertiary/aromatic N) is 3. The zero-order valence-electron chi connectivity index (χ0n) is 23.2. The second-order valence-corrected chi connectivity index (χ2v) is 9.77. The molecule has 198 valence electrons. The lowest BCUT2D eigenvalue weighted by Gasteiger charge is -2.13. The quantitative estimate of drug-likeness (QED) is 0.219. The lowest BCUT2D eigenvalue weighted by atomic mass is 10.1. The number of benzene rings is 3. The zero-order chi connectivity index (χ0) is 27.8. The van der Waals surface area contributed by atoms with E-state index in [4.69, 9.17) is 14.2 Å². The molecule has 6 heteroatoms. The minimum atomic E-state index is 0.0593. The van der Waals surface area contributed by atoms with Crippen molar-refractivity contribution in [1.29, 1.82) is 0 Å². The summed E-state index contributed by atoms with van der Waals surface area (Å²) in [5, 5.41) is 0. The molecule has 39 heavy (non-hydrogen) atoms. The van der Waals surface area contributed by atoms with Gasteiger partial charge in [-0.25, -0.2) is 0 Å². The van der Waals surface area contributed by atoms with E-state index in [1.54, 1.807) is 0 Å². The summed E-state index contributed by atoms with van der Waals surface area (Å²) < 4.78 is 18.5. The van der Waals surface area contributed by atoms with Gasteiger partial charge in [0, 0.05) is 16.7 Å². The highest BCUT2D eigenvalue weighted by molar-refractivity contribution is 5.61. The van der Waals surface area contributed by atoms with Gasteiger partial charge < -0.3 is 14.2 Å². The third-order valence-corrected chi connectivity index (χ3v) is 5.27. The number of allylic oxidation sites excluding steroid dienone is 3. The van der Waals surface area contributed by atoms with Crippen LogP contribution in [0.5, 0.6) is 35.3 Å². The van der Waals surface area contributed by atoms with Gasteiger partial charge in [0.25, 0.3) is 0 Å². The first-order chi connectivity index (χ1) is 18.8. The first-order valence-electron chi connectivity index (χ1n) is 12.8. The van der Waals surface area contributed by atoms with Gasteiger partial charge in [-0.05, 0) is 59.7 Å². The van der Waals surface area contributed by atoms with E-state index in [1.807, 2.05) is 133 Å². The maximum Gasteiger partial charge on any atom is 0.331 e. The average Bonchev–Trinajstić information content (AvgIpc) is 2.87. The molecule has 1 heterocycles. The molecule has 0 aliphatic rings. The van der Waals surface area contributed by atoms with E-state index in [1.165, 1.54) is 0 Å². The molecule has 0 bridgehead atoms. The van der Waals surface area contributed by atoms with Crippen molar-refractivity contribution in [2.75, 3.05) is 0 Å². The van der Waals surface area contributed by atoms with Crippen LogP contribution >= 0.6 is 0 Å². The Kier molecular flexibility index (Phi) is 8.90. The van der Waals surface area contributed by atoms with Crippen molar-refractivity contribution in [3.63, 3.8) is 0 Å². The minimum Gasteiger partial charge on any atom is -0.423 e. The molecule has 0 aliphatic heterocycles. The van der Waals surface area contributed by atoms with Crippen LogP contribution in [0.1, 0.15) is 58.2 Å². The fourth-order valence-electron chi connectivity index (χ4n) is 3.76. The second-order valence-electron chi connectivity index (χ2n) is 9.77. The van der Waals surface area contributed by atoms with Gasteiger partial charge in [-0.3, -0.25) is 0 Å². The summed E-state index contributed by atoms with van der Waals surface area (Å²) in [6, 6.07) is 23.3. The number of para-hydroxylation sites is 3. The minimum absolute atomic E-state index is 0.0593. The molecule has 0 fully saturated rings. The van der Waals surface area contributed by atoms with Crippen LogP contribution in [0.25, 0.3) is 18.2 Å². The molecule has 0 aliphatic carbocycles. The Bertz CT molecular complexity index is 1340. The Hall–Kier alpha value is -4.71. The molecular weight excluding hydrogens is 486 g/mol. The maximum atomic E-state index is 6.17. The van der Waals surface area contributed by atoms with E-state index in [2.05, 4.69) is 15.0 Å². The fourth-order valence-corrected chi connectivity index (χ4v) is 3.76. The standard InChI is InChI=1S/C33H33N3O3/c1-22(2)19-25-13-7-10-16-28(25)37-31-34-32(38-29-17-11-8-14-26(29)20-23(3)4)36-33(35-31)39-30-18-12-9-15-27(30)21-24(5)6/h7-21H,1-6H3. The summed E-state index contributed by atoms with van der Waals surface area (Å²) in [5.74, 6) is 1.82. The zero-order valence-corrected chi connectivity index (χ0v) is 23.2. The molecule has 3 aromatic carbocycles. The Morgan fingerprint density at radius 1 is 0.436 bits per heavy atom. The van der Waals surface area contributed by atoms with Crippen LogP contribution in [0.15, 0.2) is 89.5 Å². The molecular formula is C33H33N3O3. The molecule has 0 unspecified atom stereocenters. The van der Waals surface area contributed by atoms with E-state index < -0.39 is 0 Å². The van der Waals surface area contributed by atoms with Crippen molar-refractivity contribution in [2.24, 2.45) is 0 Å². The topological polar surface area (TPSA) is 66.4 Å². The molecule has 0 saturated carbocycles. The van der Waals surface area contributed by atoms with Gasteiger partial charge in [0.1, 0.15) is 17.2 Å². The van der Waals surface area contributed by atoms with Crippen LogP contribution in [-0.4, -0.2) is 15.0 Å². The van der Waals surface area contributed by atoms with Crippen molar-refractivity contribution in [1.82, 2.24) is 15.0 Å². The molecule has 4 aromatic rings. The van der Waals surface area contributed by atoms with Gasteiger partial charge in [-0.15, -0.1) is 15.0 Å². The van der Waals surface area contributed by atoms with Crippen LogP contribution < -0.4 is 14.2 Å². The number of rotatable bonds is 9. The molecule has 0 N–H and O–H groups in total. The number of aromatic nitrogens is 3. The van der Waals surface area contributed by atoms with Crippen molar-refractivity contribution in [3.05, 3.63) is 106 Å². The third-order valence-electron chi connectivity index (χ3n) is 5.27. The van der Waals surface area contributed by atoms with Gasteiger partial charge >= 0.3 is 18.0 Å². The molecule has 0 atom stereocenters. The van der Waals surface area contributed by atoms with E-state index in [0.29, 0.717) is 17.2 Å². The largest absolute Gasteiger partial charge is 0.423 e. The molecule has 0 radical (unpaired) electrons. The SMILES string of the molecule is CC(C)=Cc1ccccc1Oc1nc(Oc2ccccc2C=C(C)C)nc(Oc2ccccc2C=C(C)C)n1. The second kappa shape index (κ2) is 12.7. The van der Waals surface area contributed by atoms with Crippen molar-refractivity contribution >= 4 is 18.2 Å². The van der Waals surface area contributed by atoms with Gasteiger partial charge in [0.2, 0.25) is 0 Å². The highest BCUT2D eigenvalue weighted by Gasteiger charge is 2.16. The number of hydrogen-bond donors (Lipinski definition) is 0. The monoisotopic (exact) mass is 519 g/mol. The molecule has 1 aromatic heterocycles. The normalized spacial score (nSPS) is 10.3. The fraction of sp³-hybridized carbons (Fsp3) is 0.182. The molecule has 0 amide bonds. The summed E-state index contributed by atoms with van der Waals surface area (Å²) >= 11 is 0. The Labute approximate surface area is 230 Å². The summed E-state index contributed by atoms with van der Waals surface area (Å²) in [6.07, 6.45) is 6.12. The summed E-state index contributed by atoms with van der Waals surface area (Å²) in [5.41, 5.74) is 6.14. The predicted octanol–water partition coefficient (Wildman–Crippen LogP) is 9.52. The summed E-state index contributed by atoms with van der Waals surface area (Å²) in [4.78, 5) is 13.4. The maximum absolute atomic E-state index is 6.17. The van der Waals surface area contributed by atoms with Gasteiger partial charge in [-0.2, -0.15) is 0 Å². The number of ether oxygens (including phenoxy) is 3. The summed E-state index contributed by atoms with van der Waals surface area (Å²) in [7, 11) is 0.